The van der Waals surface area contributed by atoms with E-state index in [1.54, 1.807) is 0 Å². The van der Waals surface area contributed by atoms with Crippen molar-refractivity contribution in [3.8, 4) is 0 Å². The molecule has 10 nitrogen and oxygen atoms in total. The second-order valence-corrected chi connectivity index (χ2v) is 2.68. The molecule has 10 heteroatoms. The van der Waals surface area contributed by atoms with E-state index in [9.17, 15) is 14.7 Å². The van der Waals surface area contributed by atoms with Crippen LogP contribution in [0.25, 0.3) is 0 Å². The summed E-state index contributed by atoms with van der Waals surface area (Å²) in [6.45, 7) is 3.00. The van der Waals surface area contributed by atoms with Crippen LogP contribution in [-0.4, -0.2) is 34.2 Å². The lowest BCUT2D eigenvalue weighted by Crippen LogP contribution is -2.66. The molecule has 2 atom stereocenters. The standard InChI is InChI=1S/2C3H7NO2.NO3/c2*1-2(4)3(5)6;2-1(3)4/h2*2H,4H2,1H3,(H,5,6);/q;;-1/p+1/t2*2-;/m00./s1. The summed E-state index contributed by atoms with van der Waals surface area (Å²) in [7, 11) is 0. The first-order valence-corrected chi connectivity index (χ1v) is 3.93. The Kier molecular flexibility index (Phi) is 13.6. The van der Waals surface area contributed by atoms with Gasteiger partial charge in [0.15, 0.2) is 6.04 Å². The molecule has 0 saturated heterocycles. The van der Waals surface area contributed by atoms with Crippen LogP contribution in [0, 0.1) is 15.3 Å². The fraction of sp³-hybridized carbons (Fsp3) is 0.667. The van der Waals surface area contributed by atoms with Crippen LogP contribution < -0.4 is 16.6 Å². The Morgan fingerprint density at radius 2 is 1.31 bits per heavy atom. The van der Waals surface area contributed by atoms with Gasteiger partial charge in [0.2, 0.25) is 0 Å². The lowest BCUT2D eigenvalue weighted by atomic mass is 10.4. The van der Waals surface area contributed by atoms with E-state index in [1.165, 1.54) is 13.8 Å². The Hall–Kier alpha value is -1.94. The van der Waals surface area contributed by atoms with Crippen LogP contribution in [-0.2, 0) is 9.59 Å². The molecule has 16 heavy (non-hydrogen) atoms. The van der Waals surface area contributed by atoms with Gasteiger partial charge in [-0.1, -0.05) is 0 Å². The zero-order valence-corrected chi connectivity index (χ0v) is 8.91. The number of carbonyl (C=O) groups excluding carboxylic acids is 1. The van der Waals surface area contributed by atoms with Crippen molar-refractivity contribution in [3.63, 3.8) is 0 Å². The molecular formula is C6H15N3O7. The van der Waals surface area contributed by atoms with Gasteiger partial charge in [-0.15, -0.1) is 0 Å². The zero-order valence-electron chi connectivity index (χ0n) is 8.91. The third-order valence-electron chi connectivity index (χ3n) is 0.824. The molecule has 0 heterocycles. The molecule has 0 fully saturated rings. The minimum Gasteiger partial charge on any atom is -0.544 e. The maximum absolute atomic E-state index is 9.64. The monoisotopic (exact) mass is 241 g/mol. The van der Waals surface area contributed by atoms with Crippen molar-refractivity contribution in [3.05, 3.63) is 15.3 Å². The van der Waals surface area contributed by atoms with E-state index < -0.39 is 29.1 Å². The molecule has 0 bridgehead atoms. The molecule has 0 aliphatic heterocycles. The van der Waals surface area contributed by atoms with Gasteiger partial charge in [-0.2, -0.15) is 0 Å². The predicted molar refractivity (Wildman–Crippen MR) is 47.7 cm³/mol. The number of carboxylic acids is 2. The van der Waals surface area contributed by atoms with Crippen LogP contribution in [0.3, 0.4) is 0 Å². The number of rotatable bonds is 2. The highest BCUT2D eigenvalue weighted by molar-refractivity contribution is 5.70. The molecule has 7 N–H and O–H groups in total. The second-order valence-electron chi connectivity index (χ2n) is 2.68. The van der Waals surface area contributed by atoms with Gasteiger partial charge in [-0.05, 0) is 13.8 Å². The van der Waals surface area contributed by atoms with Crippen molar-refractivity contribution < 1.29 is 36.4 Å². The number of hydrogen-bond donors (Lipinski definition) is 3. The average molecular weight is 241 g/mol. The van der Waals surface area contributed by atoms with E-state index in [4.69, 9.17) is 20.4 Å². The molecule has 0 saturated carbocycles. The van der Waals surface area contributed by atoms with Gasteiger partial charge in [-0.3, -0.25) is 0 Å². The van der Waals surface area contributed by atoms with Gasteiger partial charge in [-0.25, -0.2) is 4.79 Å². The highest BCUT2D eigenvalue weighted by atomic mass is 16.9. The first-order valence-electron chi connectivity index (χ1n) is 3.93. The number of hydrogen-bond acceptors (Lipinski definition) is 6. The summed E-state index contributed by atoms with van der Waals surface area (Å²) in [5.41, 5.74) is 6.41. The lowest BCUT2D eigenvalue weighted by Gasteiger charge is -1.97. The van der Waals surface area contributed by atoms with Crippen LogP contribution in [0.1, 0.15) is 13.8 Å². The second kappa shape index (κ2) is 11.1. The Bertz CT molecular complexity index is 206. The molecule has 0 rings (SSSR count). The van der Waals surface area contributed by atoms with Gasteiger partial charge < -0.3 is 41.8 Å². The number of aliphatic carboxylic acids is 2. The summed E-state index contributed by atoms with van der Waals surface area (Å²) in [6, 6.07) is -1.07. The van der Waals surface area contributed by atoms with Gasteiger partial charge in [0.1, 0.15) is 6.04 Å². The smallest absolute Gasteiger partial charge is 0.362 e. The first kappa shape index (κ1) is 19.6. The van der Waals surface area contributed by atoms with Crippen molar-refractivity contribution in [1.82, 2.24) is 0 Å². The van der Waals surface area contributed by atoms with E-state index in [1.807, 2.05) is 0 Å². The van der Waals surface area contributed by atoms with Crippen molar-refractivity contribution in [2.75, 3.05) is 0 Å². The Labute approximate surface area is 90.6 Å². The minimum atomic E-state index is -1.75. The maximum atomic E-state index is 9.64. The maximum Gasteiger partial charge on any atom is 0.362 e. The van der Waals surface area contributed by atoms with E-state index >= 15 is 0 Å². The molecule has 0 aromatic rings. The predicted octanol–water partition coefficient (Wildman–Crippen LogP) is -4.17. The summed E-state index contributed by atoms with van der Waals surface area (Å²) >= 11 is 0. The third kappa shape index (κ3) is 40.2. The molecule has 0 unspecified atom stereocenters. The topological polar surface area (TPSA) is 199 Å². The van der Waals surface area contributed by atoms with E-state index in [2.05, 4.69) is 11.5 Å². The van der Waals surface area contributed by atoms with Crippen LogP contribution in [0.15, 0.2) is 0 Å². The summed E-state index contributed by atoms with van der Waals surface area (Å²) < 4.78 is 0. The zero-order chi connectivity index (χ0) is 13.9. The average Bonchev–Trinajstić information content (AvgIpc) is 2.03. The minimum absolute atomic E-state index is 0.481. The van der Waals surface area contributed by atoms with E-state index in [0.29, 0.717) is 0 Å². The van der Waals surface area contributed by atoms with Crippen LogP contribution in [0.5, 0.6) is 0 Å². The molecule has 0 spiro atoms. The molecule has 0 aromatic carbocycles. The SMILES string of the molecule is C[C@H]([NH3+])C(=O)O.C[C@H]([NH3+])C(=O)[O-].O=[N+]([O-])[O-]. The molecule has 0 amide bonds. The highest BCUT2D eigenvalue weighted by Crippen LogP contribution is 1.64. The van der Waals surface area contributed by atoms with Crippen molar-refractivity contribution >= 4 is 11.9 Å². The molecule has 96 valence electrons. The summed E-state index contributed by atoms with van der Waals surface area (Å²) in [5, 5.41) is 32.2. The lowest BCUT2D eigenvalue weighted by molar-refractivity contribution is -0.432. The number of carboxylic acid groups (broad SMARTS) is 2. The van der Waals surface area contributed by atoms with Crippen LogP contribution in [0.2, 0.25) is 0 Å². The molecular weight excluding hydrogens is 226 g/mol. The fourth-order valence-electron chi connectivity index (χ4n) is 0. The van der Waals surface area contributed by atoms with Gasteiger partial charge in [0.25, 0.3) is 0 Å². The van der Waals surface area contributed by atoms with Crippen LogP contribution in [0.4, 0.5) is 0 Å². The molecule has 0 radical (unpaired) electrons. The third-order valence-corrected chi connectivity index (χ3v) is 0.824. The summed E-state index contributed by atoms with van der Waals surface area (Å²) in [5.74, 6) is -1.95. The van der Waals surface area contributed by atoms with Gasteiger partial charge in [0, 0.05) is 0 Å². The molecule has 0 aliphatic rings. The fourth-order valence-corrected chi connectivity index (χ4v) is 0. The van der Waals surface area contributed by atoms with Crippen LogP contribution >= 0.6 is 0 Å². The highest BCUT2D eigenvalue weighted by Gasteiger charge is 2.04. The number of quaternary nitrogens is 2. The first-order chi connectivity index (χ1) is 7.02. The Balaban J connectivity index is -0.000000162. The quantitative estimate of drug-likeness (QED) is 0.321. The van der Waals surface area contributed by atoms with E-state index in [0.717, 1.165) is 0 Å². The Morgan fingerprint density at radius 3 is 1.31 bits per heavy atom. The number of carbonyl (C=O) groups is 2. The van der Waals surface area contributed by atoms with Gasteiger partial charge >= 0.3 is 5.97 Å². The van der Waals surface area contributed by atoms with Crippen molar-refractivity contribution in [2.24, 2.45) is 0 Å². The molecule has 0 aromatic heterocycles. The largest absolute Gasteiger partial charge is 0.544 e. The van der Waals surface area contributed by atoms with Crippen molar-refractivity contribution in [2.45, 2.75) is 25.9 Å². The normalized spacial score (nSPS) is 11.8. The Morgan fingerprint density at radius 1 is 1.19 bits per heavy atom. The number of nitrogens with zero attached hydrogens (tertiary/aromatic N) is 1. The summed E-state index contributed by atoms with van der Waals surface area (Å²) in [4.78, 5) is 27.4. The molecule has 0 aliphatic carbocycles. The van der Waals surface area contributed by atoms with Gasteiger partial charge in [0.05, 0.1) is 11.1 Å². The van der Waals surface area contributed by atoms with Crippen molar-refractivity contribution in [1.29, 1.82) is 0 Å². The summed E-state index contributed by atoms with van der Waals surface area (Å²) in [6.07, 6.45) is 0. The van der Waals surface area contributed by atoms with E-state index in [-0.39, 0.29) is 0 Å².